The molecule has 7 rings (SSSR count). The van der Waals surface area contributed by atoms with Crippen molar-refractivity contribution in [2.24, 2.45) is 13.0 Å². The fourth-order valence-electron chi connectivity index (χ4n) is 5.60. The molecule has 0 unspecified atom stereocenters. The average Bonchev–Trinajstić information content (AvgIpc) is 3.55. The zero-order chi connectivity index (χ0) is 30.1. The fraction of sp³-hybridized carbons (Fsp3) is 0.216. The average molecular weight is 773 g/mol. The van der Waals surface area contributed by atoms with E-state index < -0.39 is 8.07 Å². The van der Waals surface area contributed by atoms with E-state index in [9.17, 15) is 0 Å². The molecular weight excluding hydrogens is 737 g/mol. The van der Waals surface area contributed by atoms with E-state index in [1.54, 1.807) is 6.20 Å². The maximum atomic E-state index is 6.09. The maximum absolute atomic E-state index is 6.09. The number of benzene rings is 3. The van der Waals surface area contributed by atoms with Gasteiger partial charge < -0.3 is 14.0 Å². The first-order valence-corrected chi connectivity index (χ1v) is 18.3. The van der Waals surface area contributed by atoms with Crippen LogP contribution in [-0.2, 0) is 33.6 Å². The van der Waals surface area contributed by atoms with Gasteiger partial charge in [0.05, 0.1) is 36.7 Å². The molecule has 0 N–H and O–H groups in total. The number of hydrogen-bond donors (Lipinski definition) is 0. The van der Waals surface area contributed by atoms with Crippen LogP contribution in [0.3, 0.4) is 0 Å². The van der Waals surface area contributed by atoms with Crippen molar-refractivity contribution in [3.05, 3.63) is 109 Å². The molecule has 0 fully saturated rings. The largest absolute Gasteiger partial charge is 0.501 e. The van der Waals surface area contributed by atoms with Crippen LogP contribution in [0.25, 0.3) is 55.6 Å². The molecule has 0 bridgehead atoms. The number of aromatic nitrogens is 4. The topological polar surface area (TPSA) is 56.7 Å². The van der Waals surface area contributed by atoms with Crippen LogP contribution in [0.4, 0.5) is 0 Å². The van der Waals surface area contributed by atoms with Gasteiger partial charge in [-0.3, -0.25) is 9.97 Å². The minimum Gasteiger partial charge on any atom is -0.501 e. The van der Waals surface area contributed by atoms with E-state index in [1.807, 2.05) is 72.4 Å². The Morgan fingerprint density at radius 2 is 1.70 bits per heavy atom. The molecular formula is C37H36IrN4OSi-2. The minimum absolute atomic E-state index is 0. The number of para-hydroxylation sites is 1. The molecule has 0 saturated carbocycles. The van der Waals surface area contributed by atoms with Crippen LogP contribution in [0, 0.1) is 18.1 Å². The summed E-state index contributed by atoms with van der Waals surface area (Å²) in [4.78, 5) is 13.6. The zero-order valence-electron chi connectivity index (χ0n) is 26.0. The van der Waals surface area contributed by atoms with Crippen LogP contribution in [0.5, 0.6) is 0 Å². The van der Waals surface area contributed by atoms with Gasteiger partial charge in [0.2, 0.25) is 0 Å². The molecule has 0 aliphatic carbocycles. The second-order valence-corrected chi connectivity index (χ2v) is 17.4. The molecule has 0 spiro atoms. The zero-order valence-corrected chi connectivity index (χ0v) is 29.4. The molecule has 0 atom stereocenters. The fourth-order valence-corrected chi connectivity index (χ4v) is 7.19. The molecule has 7 aromatic rings. The number of fused-ring (bicyclic) bond motifs is 4. The normalized spacial score (nSPS) is 11.5. The molecule has 0 aliphatic rings. The van der Waals surface area contributed by atoms with Gasteiger partial charge in [0.25, 0.3) is 0 Å². The van der Waals surface area contributed by atoms with Gasteiger partial charge in [-0.05, 0) is 35.4 Å². The Bertz CT molecular complexity index is 2040. The van der Waals surface area contributed by atoms with Crippen molar-refractivity contribution < 1.29 is 24.5 Å². The van der Waals surface area contributed by atoms with Gasteiger partial charge in [0, 0.05) is 44.9 Å². The number of rotatable bonds is 5. The number of nitrogens with zero attached hydrogens (tertiary/aromatic N) is 4. The predicted molar refractivity (Wildman–Crippen MR) is 180 cm³/mol. The summed E-state index contributed by atoms with van der Waals surface area (Å²) < 4.78 is 8.12. The third-order valence-electron chi connectivity index (χ3n) is 7.66. The van der Waals surface area contributed by atoms with Crippen molar-refractivity contribution in [3.63, 3.8) is 0 Å². The van der Waals surface area contributed by atoms with Crippen molar-refractivity contribution in [2.75, 3.05) is 0 Å². The Kier molecular flexibility index (Phi) is 9.30. The van der Waals surface area contributed by atoms with E-state index in [2.05, 4.69) is 80.0 Å². The summed E-state index contributed by atoms with van der Waals surface area (Å²) in [7, 11) is 0.646. The summed E-state index contributed by atoms with van der Waals surface area (Å²) in [5, 5.41) is 3.68. The van der Waals surface area contributed by atoms with Gasteiger partial charge in [-0.15, -0.1) is 54.1 Å². The van der Waals surface area contributed by atoms with E-state index in [0.717, 1.165) is 62.0 Å². The molecule has 3 aromatic carbocycles. The third kappa shape index (κ3) is 6.32. The molecule has 1 radical (unpaired) electrons. The number of pyridine rings is 2. The summed E-state index contributed by atoms with van der Waals surface area (Å²) >= 11 is 0. The van der Waals surface area contributed by atoms with Crippen molar-refractivity contribution in [3.8, 4) is 22.6 Å². The van der Waals surface area contributed by atoms with Crippen molar-refractivity contribution >= 4 is 46.2 Å². The summed E-state index contributed by atoms with van der Waals surface area (Å²) in [5.74, 6) is 1.50. The van der Waals surface area contributed by atoms with E-state index in [1.165, 1.54) is 10.8 Å². The van der Waals surface area contributed by atoms with Gasteiger partial charge in [-0.25, -0.2) is 0 Å². The van der Waals surface area contributed by atoms with Crippen molar-refractivity contribution in [1.29, 1.82) is 0 Å². The van der Waals surface area contributed by atoms with Crippen LogP contribution in [0.2, 0.25) is 19.6 Å². The first-order chi connectivity index (χ1) is 20.7. The van der Waals surface area contributed by atoms with Crippen molar-refractivity contribution in [1.82, 2.24) is 19.5 Å². The van der Waals surface area contributed by atoms with Crippen LogP contribution >= 0.6 is 0 Å². The van der Waals surface area contributed by atoms with E-state index in [-0.39, 0.29) is 20.1 Å². The Balaban J connectivity index is 0.000000173. The number of hydrogen-bond acceptors (Lipinski definition) is 4. The molecule has 0 amide bonds. The van der Waals surface area contributed by atoms with Gasteiger partial charge in [0.15, 0.2) is 0 Å². The second kappa shape index (κ2) is 13.0. The molecule has 44 heavy (non-hydrogen) atoms. The first-order valence-electron chi connectivity index (χ1n) is 14.8. The van der Waals surface area contributed by atoms with Gasteiger partial charge in [-0.2, -0.15) is 0 Å². The SMILES string of the molecule is CC(C)Cc1cc(-c2[c-]cccc2)ncc1[Si](C)(C)C.Cn1c(-c2[c-]ccc3c2oc2ccccc23)nc2ccncc21.[Ir]. The van der Waals surface area contributed by atoms with Crippen LogP contribution < -0.4 is 5.19 Å². The summed E-state index contributed by atoms with van der Waals surface area (Å²) in [6.07, 6.45) is 6.82. The molecule has 5 nitrogen and oxygen atoms in total. The first kappa shape index (κ1) is 31.5. The summed E-state index contributed by atoms with van der Waals surface area (Å²) in [6, 6.07) is 30.8. The number of furan rings is 1. The second-order valence-electron chi connectivity index (χ2n) is 12.4. The smallest absolute Gasteiger partial charge is 0.120 e. The molecule has 0 aliphatic heterocycles. The van der Waals surface area contributed by atoms with E-state index in [4.69, 9.17) is 9.40 Å². The monoisotopic (exact) mass is 773 g/mol. The van der Waals surface area contributed by atoms with Gasteiger partial charge in [0.1, 0.15) is 5.58 Å². The van der Waals surface area contributed by atoms with E-state index in [0.29, 0.717) is 5.92 Å². The molecule has 225 valence electrons. The minimum atomic E-state index is -1.34. The van der Waals surface area contributed by atoms with Crippen LogP contribution in [-0.4, -0.2) is 27.6 Å². The molecule has 7 heteroatoms. The Hall–Kier alpha value is -3.90. The third-order valence-corrected chi connectivity index (χ3v) is 9.72. The Morgan fingerprint density at radius 3 is 2.43 bits per heavy atom. The number of imidazole rings is 1. The molecule has 4 heterocycles. The Labute approximate surface area is 273 Å². The Morgan fingerprint density at radius 1 is 0.909 bits per heavy atom. The van der Waals surface area contributed by atoms with Gasteiger partial charge in [-0.1, -0.05) is 74.3 Å². The van der Waals surface area contributed by atoms with Crippen LogP contribution in [0.1, 0.15) is 19.4 Å². The predicted octanol–water partition coefficient (Wildman–Crippen LogP) is 8.62. The standard InChI is InChI=1S/C19H12N3O.C18H24NSi.Ir/c1-22-16-11-20-10-9-15(16)21-19(22)14-7-4-6-13-12-5-2-3-8-17(12)23-18(13)14;1-14(2)11-16-12-17(15-9-7-6-8-10-15)19-13-18(16)20(3,4)5;/h2-6,8-11H,1H3;6-9,12-14H,11H2,1-5H3;/q2*-1;. The van der Waals surface area contributed by atoms with Crippen LogP contribution in [0.15, 0.2) is 95.8 Å². The molecule has 4 aromatic heterocycles. The summed E-state index contributed by atoms with van der Waals surface area (Å²) in [5.41, 5.74) is 8.08. The number of aryl methyl sites for hydroxylation is 1. The summed E-state index contributed by atoms with van der Waals surface area (Å²) in [6.45, 7) is 11.7. The van der Waals surface area contributed by atoms with Crippen molar-refractivity contribution in [2.45, 2.75) is 39.9 Å². The van der Waals surface area contributed by atoms with E-state index >= 15 is 0 Å². The molecule has 0 saturated heterocycles. The quantitative estimate of drug-likeness (QED) is 0.130. The van der Waals surface area contributed by atoms with Gasteiger partial charge >= 0.3 is 0 Å². The maximum Gasteiger partial charge on any atom is 0.120 e.